The molecule has 2 amide bonds. The highest BCUT2D eigenvalue weighted by Crippen LogP contribution is 2.61. The van der Waals surface area contributed by atoms with E-state index in [2.05, 4.69) is 34.4 Å². The van der Waals surface area contributed by atoms with Crippen LogP contribution < -0.4 is 16.4 Å². The molecule has 3 rings (SSSR count). The van der Waals surface area contributed by atoms with Crippen LogP contribution in [0.5, 0.6) is 0 Å². The van der Waals surface area contributed by atoms with Crippen molar-refractivity contribution in [3.8, 4) is 0 Å². The van der Waals surface area contributed by atoms with Crippen LogP contribution in [0.4, 0.5) is 5.82 Å². The Morgan fingerprint density at radius 1 is 1.00 bits per heavy atom. The highest BCUT2D eigenvalue weighted by atomic mass is 32.2. The van der Waals surface area contributed by atoms with Crippen molar-refractivity contribution in [3.05, 3.63) is 37.0 Å². The zero-order valence-electron chi connectivity index (χ0n) is 31.9. The lowest BCUT2D eigenvalue weighted by atomic mass is 9.87. The molecule has 2 aromatic heterocycles. The van der Waals surface area contributed by atoms with E-state index in [0.717, 1.165) is 29.0 Å². The normalized spacial score (nSPS) is 21.2. The molecule has 1 saturated heterocycles. The number of phosphoric ester groups is 3. The first kappa shape index (κ1) is 50.9. The number of amides is 2. The van der Waals surface area contributed by atoms with Crippen molar-refractivity contribution >= 4 is 75.1 Å². The van der Waals surface area contributed by atoms with E-state index in [1.807, 2.05) is 0 Å². The van der Waals surface area contributed by atoms with Crippen LogP contribution in [-0.2, 0) is 55.5 Å². The maximum Gasteiger partial charge on any atom is 0.481 e. The first-order chi connectivity index (χ1) is 27.9. The fourth-order valence-corrected chi connectivity index (χ4v) is 8.46. The number of fused-ring (bicyclic) bond motifs is 1. The Morgan fingerprint density at radius 3 is 2.33 bits per heavy atom. The van der Waals surface area contributed by atoms with Gasteiger partial charge >= 0.3 is 29.4 Å². The minimum atomic E-state index is -5.59. The fourth-order valence-electron chi connectivity index (χ4n) is 4.99. The van der Waals surface area contributed by atoms with Gasteiger partial charge in [0.05, 0.1) is 26.0 Å². The number of aromatic nitrogens is 4. The van der Waals surface area contributed by atoms with E-state index in [0.29, 0.717) is 6.42 Å². The van der Waals surface area contributed by atoms with E-state index in [9.17, 15) is 62.7 Å². The topological polar surface area (TPSA) is 401 Å². The van der Waals surface area contributed by atoms with Crippen LogP contribution in [0.15, 0.2) is 37.0 Å². The fraction of sp³-hybridized carbons (Fsp3) is 0.567. The van der Waals surface area contributed by atoms with Crippen LogP contribution in [0, 0.1) is 5.41 Å². The van der Waals surface area contributed by atoms with E-state index in [1.165, 1.54) is 19.9 Å². The number of carbonyl (C=O) groups is 4. The third kappa shape index (κ3) is 16.8. The van der Waals surface area contributed by atoms with Gasteiger partial charge in [0, 0.05) is 37.1 Å². The number of nitrogen functional groups attached to an aromatic ring is 1. The van der Waals surface area contributed by atoms with Crippen molar-refractivity contribution in [2.75, 3.05) is 37.8 Å². The van der Waals surface area contributed by atoms with Gasteiger partial charge in [0.25, 0.3) is 0 Å². The van der Waals surface area contributed by atoms with Crippen molar-refractivity contribution in [1.29, 1.82) is 0 Å². The average Bonchev–Trinajstić information content (AvgIpc) is 3.70. The summed E-state index contributed by atoms with van der Waals surface area (Å²) < 4.78 is 62.1. The lowest BCUT2D eigenvalue weighted by molar-refractivity contribution is -0.137. The third-order valence-corrected chi connectivity index (χ3v) is 11.9. The number of nitrogens with one attached hydrogen (secondary N) is 2. The second-order valence-corrected chi connectivity index (χ2v) is 18.7. The SMILES string of the molecule is CC(C)(COP(=O)(O)OP(=O)(O)OCC1OC(n2cnc3c(N)ncnc32)C(O)C1OP(=O)(O)O)C(O)C(=O)NCCC(=O)NCCSC(=O)C/C=C/C/C=C/CC(=O)O. The second-order valence-electron chi connectivity index (χ2n) is 13.3. The summed E-state index contributed by atoms with van der Waals surface area (Å²) in [6.45, 7) is 0.333. The van der Waals surface area contributed by atoms with Crippen molar-refractivity contribution in [3.63, 3.8) is 0 Å². The van der Waals surface area contributed by atoms with Gasteiger partial charge in [0.1, 0.15) is 36.3 Å². The molecule has 30 heteroatoms. The largest absolute Gasteiger partial charge is 0.481 e. The molecule has 1 aliphatic heterocycles. The Kier molecular flexibility index (Phi) is 19.1. The van der Waals surface area contributed by atoms with Gasteiger partial charge in [-0.25, -0.2) is 28.6 Å². The van der Waals surface area contributed by atoms with Crippen molar-refractivity contribution in [2.45, 2.75) is 70.2 Å². The Balaban J connectivity index is 1.42. The molecule has 3 heterocycles. The summed E-state index contributed by atoms with van der Waals surface area (Å²) in [5.41, 5.74) is 4.22. The molecule has 26 nitrogen and oxygen atoms in total. The number of nitrogens with zero attached hydrogens (tertiary/aromatic N) is 4. The standard InChI is InChI=1S/C30H46N7O19P3S/c1-30(2,25(43)28(44)33-11-10-19(38)32-12-13-60-21(41)9-7-5-3-4-6-8-20(39)40)15-53-59(50,51)56-58(48,49)52-14-18-24(55-57(45,46)47)23(42)29(54-18)37-17-36-22-26(31)34-16-35-27(22)37/h4-7,16-18,23-25,29,42-43H,3,8-15H2,1-2H3,(H,32,38)(H,33,44)(H,39,40)(H,48,49)(H,50,51)(H2,31,34,35)(H2,45,46,47)/b6-4+,7-5+. The van der Waals surface area contributed by atoms with Crippen molar-refractivity contribution < 1.29 is 90.4 Å². The maximum atomic E-state index is 12.7. The van der Waals surface area contributed by atoms with Gasteiger partial charge in [-0.1, -0.05) is 49.9 Å². The maximum absolute atomic E-state index is 12.7. The number of anilines is 1. The van der Waals surface area contributed by atoms with Crippen LogP contribution in [0.3, 0.4) is 0 Å². The van der Waals surface area contributed by atoms with Gasteiger partial charge in [0.2, 0.25) is 11.8 Å². The third-order valence-electron chi connectivity index (χ3n) is 7.95. The molecule has 1 aliphatic rings. The smallest absolute Gasteiger partial charge is 0.481 e. The van der Waals surface area contributed by atoms with Crippen LogP contribution in [0.2, 0.25) is 0 Å². The molecular weight excluding hydrogens is 887 g/mol. The number of aliphatic carboxylic acids is 1. The molecule has 0 saturated carbocycles. The molecule has 0 bridgehead atoms. The summed E-state index contributed by atoms with van der Waals surface area (Å²) >= 11 is 0.995. The number of phosphoric acid groups is 3. The van der Waals surface area contributed by atoms with Crippen LogP contribution >= 0.6 is 35.2 Å². The molecule has 7 atom stereocenters. The predicted octanol–water partition coefficient (Wildman–Crippen LogP) is 0.0320. The molecule has 11 N–H and O–H groups in total. The zero-order valence-corrected chi connectivity index (χ0v) is 35.4. The second kappa shape index (κ2) is 22.6. The number of imidazole rings is 1. The zero-order chi connectivity index (χ0) is 44.9. The number of aliphatic hydroxyl groups is 2. The number of thioether (sulfide) groups is 1. The summed E-state index contributed by atoms with van der Waals surface area (Å²) in [4.78, 5) is 98.0. The number of ether oxygens (including phenoxy) is 1. The predicted molar refractivity (Wildman–Crippen MR) is 207 cm³/mol. The Hall–Kier alpha value is -3.49. The number of carboxylic acid groups (broad SMARTS) is 1. The first-order valence-electron chi connectivity index (χ1n) is 17.5. The number of rotatable bonds is 25. The Bertz CT molecular complexity index is 2030. The molecule has 1 fully saturated rings. The van der Waals surface area contributed by atoms with E-state index in [1.54, 1.807) is 18.2 Å². The monoisotopic (exact) mass is 933 g/mol. The summed E-state index contributed by atoms with van der Waals surface area (Å²) in [5.74, 6) is -2.20. The van der Waals surface area contributed by atoms with Crippen LogP contribution in [-0.4, -0.2) is 134 Å². The summed E-state index contributed by atoms with van der Waals surface area (Å²) in [5, 5.41) is 34.8. The van der Waals surface area contributed by atoms with Crippen LogP contribution in [0.1, 0.15) is 45.8 Å². The highest BCUT2D eigenvalue weighted by Gasteiger charge is 2.50. The van der Waals surface area contributed by atoms with E-state index >= 15 is 0 Å². The Labute approximate surface area is 345 Å². The number of nitrogens with two attached hydrogens (primary N) is 1. The van der Waals surface area contributed by atoms with Crippen molar-refractivity contribution in [1.82, 2.24) is 30.2 Å². The molecule has 336 valence electrons. The van der Waals surface area contributed by atoms with Gasteiger partial charge in [-0.15, -0.1) is 0 Å². The molecule has 7 unspecified atom stereocenters. The number of allylic oxidation sites excluding steroid dienone is 3. The molecule has 0 aromatic carbocycles. The molecule has 60 heavy (non-hydrogen) atoms. The van der Waals surface area contributed by atoms with E-state index in [4.69, 9.17) is 24.6 Å². The quantitative estimate of drug-likeness (QED) is 0.0357. The summed E-state index contributed by atoms with van der Waals surface area (Å²) in [7, 11) is -16.4. The number of carbonyl (C=O) groups excluding carboxylic acids is 3. The van der Waals surface area contributed by atoms with Gasteiger partial charge < -0.3 is 56.0 Å². The van der Waals surface area contributed by atoms with E-state index < -0.39 is 90.5 Å². The molecular formula is C30H46N7O19P3S. The lowest BCUT2D eigenvalue weighted by Gasteiger charge is -2.30. The lowest BCUT2D eigenvalue weighted by Crippen LogP contribution is -2.46. The Morgan fingerprint density at radius 2 is 1.67 bits per heavy atom. The van der Waals surface area contributed by atoms with Gasteiger partial charge in [-0.2, -0.15) is 4.31 Å². The van der Waals surface area contributed by atoms with E-state index in [-0.39, 0.29) is 60.2 Å². The number of hydrogen-bond acceptors (Lipinski definition) is 19. The van der Waals surface area contributed by atoms with Gasteiger partial charge in [-0.05, 0) is 6.42 Å². The minimum absolute atomic E-state index is 0.0216. The molecule has 0 spiro atoms. The van der Waals surface area contributed by atoms with Crippen molar-refractivity contribution in [2.24, 2.45) is 5.41 Å². The first-order valence-corrected chi connectivity index (χ1v) is 23.0. The molecule has 0 radical (unpaired) electrons. The molecule has 2 aromatic rings. The number of aliphatic hydroxyl groups excluding tert-OH is 2. The highest BCUT2D eigenvalue weighted by molar-refractivity contribution is 8.13. The van der Waals surface area contributed by atoms with Gasteiger partial charge in [0.15, 0.2) is 22.8 Å². The van der Waals surface area contributed by atoms with Crippen LogP contribution in [0.25, 0.3) is 11.2 Å². The molecule has 0 aliphatic carbocycles. The van der Waals surface area contributed by atoms with Gasteiger partial charge in [-0.3, -0.25) is 37.3 Å². The summed E-state index contributed by atoms with van der Waals surface area (Å²) in [6.07, 6.45) is 0.0271. The number of carboxylic acids is 1. The minimum Gasteiger partial charge on any atom is -0.481 e. The summed E-state index contributed by atoms with van der Waals surface area (Å²) in [6, 6.07) is 0. The number of hydrogen-bond donors (Lipinski definition) is 10. The average molecular weight is 934 g/mol.